The summed E-state index contributed by atoms with van der Waals surface area (Å²) in [7, 11) is 0. The molecule has 0 aromatic carbocycles. The van der Waals surface area contributed by atoms with E-state index >= 15 is 0 Å². The Kier molecular flexibility index (Phi) is 1.76. The fourth-order valence-corrected chi connectivity index (χ4v) is 2.76. The molecule has 2 unspecified atom stereocenters. The largest absolute Gasteiger partial charge is 0.381 e. The molecule has 74 valence electrons. The number of hydrogen-bond donors (Lipinski definition) is 1. The van der Waals surface area contributed by atoms with Crippen LogP contribution in [-0.2, 0) is 0 Å². The van der Waals surface area contributed by atoms with Crippen molar-refractivity contribution in [1.82, 2.24) is 5.32 Å². The standard InChI is InChI=1S/C12H14FN/c13-8-5-6-12-10(7-8)9-3-1-2-4-11(9)14-12/h5-7,10,12,14H,1-4H2. The van der Waals surface area contributed by atoms with Crippen LogP contribution < -0.4 is 5.32 Å². The number of hydrogen-bond acceptors (Lipinski definition) is 1. The normalized spacial score (nSPS) is 34.8. The molecule has 0 aromatic heterocycles. The average molecular weight is 191 g/mol. The second-order valence-corrected chi connectivity index (χ2v) is 4.32. The Morgan fingerprint density at radius 1 is 1.29 bits per heavy atom. The molecule has 0 spiro atoms. The Morgan fingerprint density at radius 2 is 2.14 bits per heavy atom. The van der Waals surface area contributed by atoms with Gasteiger partial charge in [0, 0.05) is 11.6 Å². The molecule has 0 bridgehead atoms. The van der Waals surface area contributed by atoms with E-state index in [0.717, 1.165) is 12.8 Å². The van der Waals surface area contributed by atoms with Gasteiger partial charge in [0.15, 0.2) is 0 Å². The highest BCUT2D eigenvalue weighted by Crippen LogP contribution is 2.39. The summed E-state index contributed by atoms with van der Waals surface area (Å²) in [6, 6.07) is 0.331. The minimum absolute atomic E-state index is 0.0765. The Morgan fingerprint density at radius 3 is 3.07 bits per heavy atom. The fourth-order valence-electron chi connectivity index (χ4n) is 2.76. The molecular weight excluding hydrogens is 177 g/mol. The molecule has 2 atom stereocenters. The zero-order chi connectivity index (χ0) is 9.54. The average Bonchev–Trinajstić information content (AvgIpc) is 2.56. The van der Waals surface area contributed by atoms with Gasteiger partial charge in [-0.3, -0.25) is 0 Å². The van der Waals surface area contributed by atoms with Gasteiger partial charge in [0.25, 0.3) is 0 Å². The smallest absolute Gasteiger partial charge is 0.119 e. The maximum Gasteiger partial charge on any atom is 0.119 e. The molecule has 2 heteroatoms. The maximum absolute atomic E-state index is 13.1. The molecular formula is C12H14FN. The quantitative estimate of drug-likeness (QED) is 0.620. The first-order valence-corrected chi connectivity index (χ1v) is 5.38. The highest BCUT2D eigenvalue weighted by molar-refractivity contribution is 5.38. The van der Waals surface area contributed by atoms with Gasteiger partial charge in [0.1, 0.15) is 5.83 Å². The number of halogens is 1. The van der Waals surface area contributed by atoms with Crippen molar-refractivity contribution in [3.63, 3.8) is 0 Å². The summed E-state index contributed by atoms with van der Waals surface area (Å²) in [5, 5.41) is 3.50. The third-order valence-electron chi connectivity index (χ3n) is 3.44. The summed E-state index contributed by atoms with van der Waals surface area (Å²) in [5.74, 6) is 0.225. The molecule has 2 aliphatic carbocycles. The maximum atomic E-state index is 13.1. The molecule has 1 nitrogen and oxygen atoms in total. The van der Waals surface area contributed by atoms with Crippen LogP contribution in [0.1, 0.15) is 25.7 Å². The Hall–Kier alpha value is -1.05. The Balaban J connectivity index is 1.96. The molecule has 0 saturated heterocycles. The van der Waals surface area contributed by atoms with Gasteiger partial charge in [0.2, 0.25) is 0 Å². The molecule has 0 saturated carbocycles. The van der Waals surface area contributed by atoms with E-state index in [1.807, 2.05) is 6.08 Å². The molecule has 1 heterocycles. The Labute approximate surface area is 83.4 Å². The van der Waals surface area contributed by atoms with Crippen LogP contribution in [0.25, 0.3) is 0 Å². The second-order valence-electron chi connectivity index (χ2n) is 4.32. The molecule has 14 heavy (non-hydrogen) atoms. The van der Waals surface area contributed by atoms with Gasteiger partial charge in [-0.05, 0) is 43.4 Å². The van der Waals surface area contributed by atoms with E-state index in [9.17, 15) is 4.39 Å². The zero-order valence-electron chi connectivity index (χ0n) is 8.09. The van der Waals surface area contributed by atoms with Crippen LogP contribution in [0.2, 0.25) is 0 Å². The predicted molar refractivity (Wildman–Crippen MR) is 54.2 cm³/mol. The molecule has 1 aliphatic heterocycles. The van der Waals surface area contributed by atoms with Gasteiger partial charge in [-0.1, -0.05) is 6.08 Å². The van der Waals surface area contributed by atoms with Crippen molar-refractivity contribution >= 4 is 0 Å². The van der Waals surface area contributed by atoms with Gasteiger partial charge in [0.05, 0.1) is 6.04 Å². The van der Waals surface area contributed by atoms with E-state index in [1.54, 1.807) is 12.2 Å². The Bertz CT molecular complexity index is 351. The van der Waals surface area contributed by atoms with Crippen LogP contribution in [0.4, 0.5) is 4.39 Å². The lowest BCUT2D eigenvalue weighted by Gasteiger charge is -2.19. The molecule has 1 N–H and O–H groups in total. The summed E-state index contributed by atoms with van der Waals surface area (Å²) < 4.78 is 13.1. The van der Waals surface area contributed by atoms with Crippen LogP contribution in [-0.4, -0.2) is 6.04 Å². The topological polar surface area (TPSA) is 12.0 Å². The van der Waals surface area contributed by atoms with E-state index in [1.165, 1.54) is 24.1 Å². The van der Waals surface area contributed by atoms with Gasteiger partial charge in [-0.15, -0.1) is 0 Å². The summed E-state index contributed by atoms with van der Waals surface area (Å²) >= 11 is 0. The van der Waals surface area contributed by atoms with Crippen molar-refractivity contribution in [2.45, 2.75) is 31.7 Å². The van der Waals surface area contributed by atoms with Crippen LogP contribution in [0.3, 0.4) is 0 Å². The first-order chi connectivity index (χ1) is 6.84. The number of rotatable bonds is 0. The van der Waals surface area contributed by atoms with Gasteiger partial charge in [-0.2, -0.15) is 0 Å². The van der Waals surface area contributed by atoms with Crippen molar-refractivity contribution in [1.29, 1.82) is 0 Å². The second kappa shape index (κ2) is 2.97. The van der Waals surface area contributed by atoms with E-state index in [4.69, 9.17) is 0 Å². The van der Waals surface area contributed by atoms with Crippen LogP contribution >= 0.6 is 0 Å². The minimum atomic E-state index is -0.0765. The third kappa shape index (κ3) is 1.13. The summed E-state index contributed by atoms with van der Waals surface area (Å²) in [4.78, 5) is 0. The first kappa shape index (κ1) is 8.27. The van der Waals surface area contributed by atoms with E-state index in [0.29, 0.717) is 12.0 Å². The number of nitrogens with one attached hydrogen (secondary N) is 1. The lowest BCUT2D eigenvalue weighted by Crippen LogP contribution is -2.27. The lowest BCUT2D eigenvalue weighted by atomic mass is 9.85. The lowest BCUT2D eigenvalue weighted by molar-refractivity contribution is 0.570. The van der Waals surface area contributed by atoms with Crippen molar-refractivity contribution in [3.05, 3.63) is 35.3 Å². The fraction of sp³-hybridized carbons (Fsp3) is 0.500. The molecule has 0 aromatic rings. The van der Waals surface area contributed by atoms with Crippen molar-refractivity contribution in [2.24, 2.45) is 5.92 Å². The van der Waals surface area contributed by atoms with Gasteiger partial charge < -0.3 is 5.32 Å². The van der Waals surface area contributed by atoms with E-state index < -0.39 is 0 Å². The van der Waals surface area contributed by atoms with Crippen LogP contribution in [0.5, 0.6) is 0 Å². The van der Waals surface area contributed by atoms with E-state index in [2.05, 4.69) is 5.32 Å². The predicted octanol–water partition coefficient (Wildman–Crippen LogP) is 2.83. The molecule has 0 radical (unpaired) electrons. The van der Waals surface area contributed by atoms with Gasteiger partial charge >= 0.3 is 0 Å². The molecule has 0 fully saturated rings. The monoisotopic (exact) mass is 191 g/mol. The molecule has 3 aliphatic rings. The zero-order valence-corrected chi connectivity index (χ0v) is 8.09. The highest BCUT2D eigenvalue weighted by atomic mass is 19.1. The highest BCUT2D eigenvalue weighted by Gasteiger charge is 2.34. The third-order valence-corrected chi connectivity index (χ3v) is 3.44. The van der Waals surface area contributed by atoms with E-state index in [-0.39, 0.29) is 5.83 Å². The van der Waals surface area contributed by atoms with Crippen LogP contribution in [0.15, 0.2) is 35.3 Å². The van der Waals surface area contributed by atoms with Gasteiger partial charge in [-0.25, -0.2) is 4.39 Å². The summed E-state index contributed by atoms with van der Waals surface area (Å²) in [6.45, 7) is 0. The minimum Gasteiger partial charge on any atom is -0.381 e. The molecule has 0 amide bonds. The summed E-state index contributed by atoms with van der Waals surface area (Å²) in [6.07, 6.45) is 10.2. The van der Waals surface area contributed by atoms with Crippen molar-refractivity contribution < 1.29 is 4.39 Å². The van der Waals surface area contributed by atoms with Crippen molar-refractivity contribution in [2.75, 3.05) is 0 Å². The number of allylic oxidation sites excluding steroid dienone is 3. The van der Waals surface area contributed by atoms with Crippen molar-refractivity contribution in [3.8, 4) is 0 Å². The summed E-state index contributed by atoms with van der Waals surface area (Å²) in [5.41, 5.74) is 2.85. The first-order valence-electron chi connectivity index (χ1n) is 5.38. The number of fused-ring (bicyclic) bond motifs is 2. The SMILES string of the molecule is FC1=CC2C3=C(CCCC3)NC2C=C1. The molecule has 3 rings (SSSR count). The van der Waals surface area contributed by atoms with Crippen LogP contribution in [0, 0.1) is 5.92 Å².